The number of carbonyl (C=O) groups is 2. The molecule has 0 radical (unpaired) electrons. The number of aliphatic hydroxyl groups excluding tert-OH is 1. The van der Waals surface area contributed by atoms with Gasteiger partial charge in [-0.3, -0.25) is 9.59 Å². The molecule has 0 saturated carbocycles. The molecule has 0 saturated heterocycles. The third-order valence-corrected chi connectivity index (χ3v) is 8.69. The monoisotopic (exact) mass is 535 g/mol. The van der Waals surface area contributed by atoms with Crippen LogP contribution in [0.15, 0.2) is 16.9 Å². The maximum Gasteiger partial charge on any atom is 0.343 e. The first-order valence-electron chi connectivity index (χ1n) is 13.2. The molecule has 10 heteroatoms. The second kappa shape index (κ2) is 8.43. The second-order valence-electron chi connectivity index (χ2n) is 11.4. The lowest BCUT2D eigenvalue weighted by molar-refractivity contribution is -0.172. The molecule has 9 nitrogen and oxygen atoms in total. The summed E-state index contributed by atoms with van der Waals surface area (Å²) in [5.74, 6) is -1.51. The molecule has 3 aromatic rings. The number of nitrogens with one attached hydrogen (secondary N) is 1. The van der Waals surface area contributed by atoms with Gasteiger partial charge in [-0.2, -0.15) is 0 Å². The van der Waals surface area contributed by atoms with Gasteiger partial charge in [0.2, 0.25) is 5.91 Å². The van der Waals surface area contributed by atoms with E-state index in [0.29, 0.717) is 35.3 Å². The maximum atomic E-state index is 15.0. The van der Waals surface area contributed by atoms with Crippen LogP contribution in [0.5, 0.6) is 0 Å². The number of benzene rings is 1. The van der Waals surface area contributed by atoms with Crippen LogP contribution in [0.1, 0.15) is 73.0 Å². The Balaban J connectivity index is 1.62. The number of fused-ring (bicyclic) bond motifs is 5. The van der Waals surface area contributed by atoms with Crippen LogP contribution in [0.3, 0.4) is 0 Å². The zero-order valence-electron chi connectivity index (χ0n) is 22.3. The molecule has 3 aliphatic rings. The maximum absolute atomic E-state index is 15.0. The van der Waals surface area contributed by atoms with Crippen LogP contribution in [0.2, 0.25) is 0 Å². The Morgan fingerprint density at radius 2 is 2.03 bits per heavy atom. The van der Waals surface area contributed by atoms with E-state index in [4.69, 9.17) is 9.72 Å². The number of pyridine rings is 2. The number of cyclic esters (lactones) is 1. The van der Waals surface area contributed by atoms with Gasteiger partial charge >= 0.3 is 5.97 Å². The number of ether oxygens (including phenoxy) is 1. The number of aryl methyl sites for hydroxylation is 1. The smallest absolute Gasteiger partial charge is 0.343 e. The largest absolute Gasteiger partial charge is 0.458 e. The number of nitrogens with zero attached hydrogens (tertiary/aromatic N) is 2. The van der Waals surface area contributed by atoms with Crippen LogP contribution >= 0.6 is 0 Å². The Labute approximate surface area is 223 Å². The lowest BCUT2D eigenvalue weighted by Gasteiger charge is -2.32. The number of aliphatic hydroxyl groups is 2. The van der Waals surface area contributed by atoms with Crippen molar-refractivity contribution < 1.29 is 28.9 Å². The Kier molecular flexibility index (Phi) is 5.54. The van der Waals surface area contributed by atoms with Crippen molar-refractivity contribution in [1.82, 2.24) is 14.9 Å². The number of carbonyl (C=O) groups excluding carboxylic acids is 2. The van der Waals surface area contributed by atoms with Crippen molar-refractivity contribution in [3.63, 3.8) is 0 Å². The molecule has 6 rings (SSSR count). The SMILES string of the molecule is CCC1(O)C(=O)OCc2c1cc1n(c2=O)Cc2c-1nc1cc(F)c(C)c3c1c2C(NC(=O)C(C)(C)CO)CC3. The van der Waals surface area contributed by atoms with E-state index in [9.17, 15) is 24.6 Å². The number of halogens is 1. The van der Waals surface area contributed by atoms with Gasteiger partial charge in [0.1, 0.15) is 12.4 Å². The summed E-state index contributed by atoms with van der Waals surface area (Å²) in [4.78, 5) is 44.1. The molecule has 1 amide bonds. The molecule has 2 aliphatic heterocycles. The fourth-order valence-electron chi connectivity index (χ4n) is 6.12. The van der Waals surface area contributed by atoms with Crippen LogP contribution in [0.4, 0.5) is 4.39 Å². The van der Waals surface area contributed by atoms with E-state index in [1.54, 1.807) is 33.8 Å². The molecular formula is C29H30FN3O6. The van der Waals surface area contributed by atoms with Crippen LogP contribution in [-0.2, 0) is 39.5 Å². The lowest BCUT2D eigenvalue weighted by atomic mass is 9.81. The molecule has 0 fully saturated rings. The first-order valence-corrected chi connectivity index (χ1v) is 13.2. The summed E-state index contributed by atoms with van der Waals surface area (Å²) in [6.45, 7) is 6.27. The molecule has 0 spiro atoms. The Bertz CT molecular complexity index is 1680. The molecule has 1 aliphatic carbocycles. The average molecular weight is 536 g/mol. The minimum absolute atomic E-state index is 0.0214. The van der Waals surface area contributed by atoms with E-state index in [0.717, 1.165) is 22.1 Å². The molecule has 3 N–H and O–H groups in total. The van der Waals surface area contributed by atoms with E-state index in [2.05, 4.69) is 5.32 Å². The van der Waals surface area contributed by atoms with Crippen molar-refractivity contribution in [2.45, 2.75) is 71.8 Å². The summed E-state index contributed by atoms with van der Waals surface area (Å²) in [7, 11) is 0. The predicted molar refractivity (Wildman–Crippen MR) is 139 cm³/mol. The first-order chi connectivity index (χ1) is 18.4. The van der Waals surface area contributed by atoms with Gasteiger partial charge < -0.3 is 24.8 Å². The molecule has 204 valence electrons. The van der Waals surface area contributed by atoms with Crippen molar-refractivity contribution in [3.8, 4) is 11.4 Å². The number of amides is 1. The zero-order valence-corrected chi connectivity index (χ0v) is 22.3. The van der Waals surface area contributed by atoms with Crippen LogP contribution in [0.25, 0.3) is 22.3 Å². The van der Waals surface area contributed by atoms with Crippen molar-refractivity contribution in [2.75, 3.05) is 6.61 Å². The summed E-state index contributed by atoms with van der Waals surface area (Å²) < 4.78 is 21.7. The fraction of sp³-hybridized carbons (Fsp3) is 0.448. The van der Waals surface area contributed by atoms with E-state index >= 15 is 4.39 Å². The van der Waals surface area contributed by atoms with E-state index < -0.39 is 28.6 Å². The molecule has 2 atom stereocenters. The molecule has 0 bridgehead atoms. The second-order valence-corrected chi connectivity index (χ2v) is 11.4. The normalized spacial score (nSPS) is 21.3. The van der Waals surface area contributed by atoms with E-state index in [1.165, 1.54) is 10.6 Å². The molecule has 39 heavy (non-hydrogen) atoms. The highest BCUT2D eigenvalue weighted by molar-refractivity contribution is 5.94. The quantitative estimate of drug-likeness (QED) is 0.343. The van der Waals surface area contributed by atoms with Crippen LogP contribution < -0.4 is 10.9 Å². The first kappa shape index (κ1) is 25.6. The minimum Gasteiger partial charge on any atom is -0.458 e. The highest BCUT2D eigenvalue weighted by Gasteiger charge is 2.46. The molecular weight excluding hydrogens is 505 g/mol. The van der Waals surface area contributed by atoms with Gasteiger partial charge in [-0.15, -0.1) is 0 Å². The molecule has 2 unspecified atom stereocenters. The van der Waals surface area contributed by atoms with Crippen molar-refractivity contribution in [3.05, 3.63) is 61.7 Å². The van der Waals surface area contributed by atoms with Crippen LogP contribution in [-0.4, -0.2) is 38.2 Å². The highest BCUT2D eigenvalue weighted by Crippen LogP contribution is 2.46. The number of rotatable bonds is 4. The van der Waals surface area contributed by atoms with E-state index in [1.807, 2.05) is 0 Å². The minimum atomic E-state index is -1.96. The Hall–Kier alpha value is -3.63. The third kappa shape index (κ3) is 3.44. The fourth-order valence-corrected chi connectivity index (χ4v) is 6.12. The number of hydrogen-bond donors (Lipinski definition) is 3. The summed E-state index contributed by atoms with van der Waals surface area (Å²) in [5, 5.41) is 24.8. The summed E-state index contributed by atoms with van der Waals surface area (Å²) in [5.41, 5.74) is 1.19. The van der Waals surface area contributed by atoms with Crippen LogP contribution in [0, 0.1) is 18.2 Å². The topological polar surface area (TPSA) is 131 Å². The van der Waals surface area contributed by atoms with Gasteiger partial charge in [-0.25, -0.2) is 14.2 Å². The molecule has 2 aromatic heterocycles. The Morgan fingerprint density at radius 3 is 2.72 bits per heavy atom. The molecule has 1 aromatic carbocycles. The highest BCUT2D eigenvalue weighted by atomic mass is 19.1. The number of aromatic nitrogens is 2. The van der Waals surface area contributed by atoms with Gasteiger partial charge in [-0.05, 0) is 62.8 Å². The predicted octanol–water partition coefficient (Wildman–Crippen LogP) is 2.65. The number of hydrogen-bond acceptors (Lipinski definition) is 7. The summed E-state index contributed by atoms with van der Waals surface area (Å²) in [6.07, 6.45) is 1.06. The van der Waals surface area contributed by atoms with Crippen molar-refractivity contribution >= 4 is 22.8 Å². The van der Waals surface area contributed by atoms with Gasteiger partial charge in [0.15, 0.2) is 5.60 Å². The lowest BCUT2D eigenvalue weighted by Crippen LogP contribution is -2.44. The van der Waals surface area contributed by atoms with Crippen molar-refractivity contribution in [2.24, 2.45) is 5.41 Å². The standard InChI is InChI=1S/C29H30FN3O6/c1-5-29(38)17-8-21-24-15(10-33(21)25(35)16(17)11-39-27(29)37)23-19(32-26(36)28(3,4)12-34)7-6-14-13(2)18(30)9-20(31-24)22(14)23/h8-9,19,34,38H,5-7,10-12H2,1-4H3,(H,32,36). The van der Waals surface area contributed by atoms with E-state index in [-0.39, 0.29) is 49.0 Å². The summed E-state index contributed by atoms with van der Waals surface area (Å²) in [6, 6.07) is 2.55. The van der Waals surface area contributed by atoms with Gasteiger partial charge in [0.05, 0.1) is 47.1 Å². The van der Waals surface area contributed by atoms with Gasteiger partial charge in [-0.1, -0.05) is 6.92 Å². The average Bonchev–Trinajstić information content (AvgIpc) is 3.28. The number of esters is 1. The molecule has 4 heterocycles. The zero-order chi connectivity index (χ0) is 28.0. The Morgan fingerprint density at radius 1 is 1.28 bits per heavy atom. The third-order valence-electron chi connectivity index (χ3n) is 8.69. The summed E-state index contributed by atoms with van der Waals surface area (Å²) >= 11 is 0. The van der Waals surface area contributed by atoms with Gasteiger partial charge in [0, 0.05) is 22.6 Å². The van der Waals surface area contributed by atoms with Crippen molar-refractivity contribution in [1.29, 1.82) is 0 Å². The van der Waals surface area contributed by atoms with Gasteiger partial charge in [0.25, 0.3) is 5.56 Å².